The lowest BCUT2D eigenvalue weighted by atomic mass is 10.3. The Morgan fingerprint density at radius 3 is 2.65 bits per heavy atom. The number of rotatable bonds is 4. The highest BCUT2D eigenvalue weighted by atomic mass is 16.7. The number of ether oxygens (including phenoxy) is 2. The number of nitrogens with zero attached hydrogens (tertiary/aromatic N) is 2. The topological polar surface area (TPSA) is 73.6 Å². The number of imidazole rings is 1. The van der Waals surface area contributed by atoms with Gasteiger partial charge in [0.2, 0.25) is 5.79 Å². The molecule has 1 rings (SSSR count). The first-order valence-electron chi connectivity index (χ1n) is 5.26. The van der Waals surface area contributed by atoms with E-state index in [0.717, 1.165) is 0 Å². The molecule has 6 nitrogen and oxygen atoms in total. The fourth-order valence-electron chi connectivity index (χ4n) is 1.38. The molecule has 0 aliphatic carbocycles. The fourth-order valence-corrected chi connectivity index (χ4v) is 1.38. The van der Waals surface area contributed by atoms with E-state index in [1.54, 1.807) is 18.7 Å². The summed E-state index contributed by atoms with van der Waals surface area (Å²) in [5.74, 6) is -1.51. The van der Waals surface area contributed by atoms with Gasteiger partial charge < -0.3 is 19.1 Å². The summed E-state index contributed by atoms with van der Waals surface area (Å²) in [5, 5.41) is 9.41. The van der Waals surface area contributed by atoms with E-state index in [1.165, 1.54) is 20.0 Å². The number of carbonyl (C=O) groups is 1. The summed E-state index contributed by atoms with van der Waals surface area (Å²) < 4.78 is 11.6. The van der Waals surface area contributed by atoms with Crippen molar-refractivity contribution in [3.63, 3.8) is 0 Å². The highest BCUT2D eigenvalue weighted by Crippen LogP contribution is 2.17. The van der Waals surface area contributed by atoms with Gasteiger partial charge >= 0.3 is 5.97 Å². The second kappa shape index (κ2) is 4.85. The predicted octanol–water partition coefficient (Wildman–Crippen LogP) is 1.01. The van der Waals surface area contributed by atoms with Crippen LogP contribution in [0.1, 0.15) is 43.2 Å². The van der Waals surface area contributed by atoms with Gasteiger partial charge in [-0.05, 0) is 6.92 Å². The molecule has 0 fully saturated rings. The molecule has 1 unspecified atom stereocenters. The Kier molecular flexibility index (Phi) is 3.90. The number of carbonyl (C=O) groups excluding carboxylic acids is 1. The maximum absolute atomic E-state index is 11.7. The van der Waals surface area contributed by atoms with E-state index in [0.29, 0.717) is 5.82 Å². The van der Waals surface area contributed by atoms with Crippen molar-refractivity contribution in [2.75, 3.05) is 7.11 Å². The van der Waals surface area contributed by atoms with Gasteiger partial charge in [-0.15, -0.1) is 0 Å². The van der Waals surface area contributed by atoms with Crippen LogP contribution in [-0.4, -0.2) is 33.5 Å². The molecule has 1 aromatic heterocycles. The van der Waals surface area contributed by atoms with Crippen LogP contribution in [-0.2, 0) is 16.5 Å². The van der Waals surface area contributed by atoms with Gasteiger partial charge in [-0.3, -0.25) is 0 Å². The number of aliphatic hydroxyl groups is 1. The van der Waals surface area contributed by atoms with Crippen molar-refractivity contribution in [3.05, 3.63) is 17.7 Å². The average molecular weight is 242 g/mol. The first kappa shape index (κ1) is 13.7. The molecule has 0 radical (unpaired) electrons. The van der Waals surface area contributed by atoms with Gasteiger partial charge in [0, 0.05) is 28.0 Å². The third kappa shape index (κ3) is 3.28. The van der Waals surface area contributed by atoms with E-state index < -0.39 is 11.8 Å². The highest BCUT2D eigenvalue weighted by Gasteiger charge is 2.24. The number of aromatic nitrogens is 2. The maximum atomic E-state index is 11.7. The molecule has 6 heteroatoms. The van der Waals surface area contributed by atoms with Crippen LogP contribution in [0.2, 0.25) is 0 Å². The molecular weight excluding hydrogens is 224 g/mol. The molecule has 0 amide bonds. The molecule has 1 N–H and O–H groups in total. The van der Waals surface area contributed by atoms with Crippen LogP contribution < -0.4 is 0 Å². The summed E-state index contributed by atoms with van der Waals surface area (Å²) in [6.07, 6.45) is 1.18. The molecule has 17 heavy (non-hydrogen) atoms. The summed E-state index contributed by atoms with van der Waals surface area (Å²) in [6.45, 7) is 4.60. The van der Waals surface area contributed by atoms with Gasteiger partial charge in [0.15, 0.2) is 0 Å². The Balaban J connectivity index is 2.93. The van der Waals surface area contributed by atoms with Crippen LogP contribution in [0.3, 0.4) is 0 Å². The van der Waals surface area contributed by atoms with Crippen molar-refractivity contribution in [1.82, 2.24) is 9.55 Å². The SMILES string of the molecule is COC(C)c1ncc(C(=O)OC(C)(C)O)n1C. The summed E-state index contributed by atoms with van der Waals surface area (Å²) in [4.78, 5) is 15.8. The molecule has 1 atom stereocenters. The number of esters is 1. The summed E-state index contributed by atoms with van der Waals surface area (Å²) in [6, 6.07) is 0. The van der Waals surface area contributed by atoms with Crippen molar-refractivity contribution in [3.8, 4) is 0 Å². The van der Waals surface area contributed by atoms with Crippen molar-refractivity contribution in [2.45, 2.75) is 32.7 Å². The molecule has 0 saturated heterocycles. The van der Waals surface area contributed by atoms with Crippen LogP contribution in [0.25, 0.3) is 0 Å². The smallest absolute Gasteiger partial charge is 0.359 e. The van der Waals surface area contributed by atoms with E-state index in [9.17, 15) is 9.90 Å². The molecule has 0 aliphatic rings. The predicted molar refractivity (Wildman–Crippen MR) is 60.3 cm³/mol. The van der Waals surface area contributed by atoms with Crippen molar-refractivity contribution >= 4 is 5.97 Å². The normalized spacial score (nSPS) is 13.5. The van der Waals surface area contributed by atoms with Gasteiger partial charge in [-0.25, -0.2) is 9.78 Å². The Morgan fingerprint density at radius 1 is 1.59 bits per heavy atom. The third-order valence-electron chi connectivity index (χ3n) is 2.29. The molecule has 96 valence electrons. The second-order valence-electron chi connectivity index (χ2n) is 4.27. The van der Waals surface area contributed by atoms with E-state index in [1.807, 2.05) is 6.92 Å². The number of hydrogen-bond acceptors (Lipinski definition) is 5. The number of methoxy groups -OCH3 is 1. The average Bonchev–Trinajstić information content (AvgIpc) is 2.56. The Hall–Kier alpha value is -1.40. The Labute approximate surface area is 100 Å². The lowest BCUT2D eigenvalue weighted by Gasteiger charge is -2.18. The molecule has 0 bridgehead atoms. The molecule has 0 saturated carbocycles. The lowest BCUT2D eigenvalue weighted by molar-refractivity contribution is -0.136. The van der Waals surface area contributed by atoms with Crippen molar-refractivity contribution in [1.29, 1.82) is 0 Å². The van der Waals surface area contributed by atoms with E-state index >= 15 is 0 Å². The lowest BCUT2D eigenvalue weighted by Crippen LogP contribution is -2.28. The third-order valence-corrected chi connectivity index (χ3v) is 2.29. The van der Waals surface area contributed by atoms with Crippen molar-refractivity contribution < 1.29 is 19.4 Å². The van der Waals surface area contributed by atoms with Crippen LogP contribution >= 0.6 is 0 Å². The molecule has 0 aliphatic heterocycles. The van der Waals surface area contributed by atoms with Gasteiger partial charge in [-0.2, -0.15) is 0 Å². The quantitative estimate of drug-likeness (QED) is 0.630. The zero-order valence-corrected chi connectivity index (χ0v) is 10.7. The molecule has 1 heterocycles. The van der Waals surface area contributed by atoms with Crippen LogP contribution in [0, 0.1) is 0 Å². The molecule has 0 spiro atoms. The minimum absolute atomic E-state index is 0.219. The first-order chi connectivity index (χ1) is 7.76. The summed E-state index contributed by atoms with van der Waals surface area (Å²) in [7, 11) is 3.26. The Bertz CT molecular complexity index is 406. The van der Waals surface area contributed by atoms with Gasteiger partial charge in [0.1, 0.15) is 17.6 Å². The zero-order valence-electron chi connectivity index (χ0n) is 10.7. The van der Waals surface area contributed by atoms with E-state index in [2.05, 4.69) is 4.98 Å². The van der Waals surface area contributed by atoms with Crippen LogP contribution in [0.4, 0.5) is 0 Å². The molecule has 0 aromatic carbocycles. The van der Waals surface area contributed by atoms with Crippen LogP contribution in [0.15, 0.2) is 6.20 Å². The van der Waals surface area contributed by atoms with Gasteiger partial charge in [-0.1, -0.05) is 0 Å². The maximum Gasteiger partial charge on any atom is 0.359 e. The van der Waals surface area contributed by atoms with E-state index in [-0.39, 0.29) is 11.8 Å². The van der Waals surface area contributed by atoms with E-state index in [4.69, 9.17) is 9.47 Å². The zero-order chi connectivity index (χ0) is 13.2. The van der Waals surface area contributed by atoms with Crippen LogP contribution in [0.5, 0.6) is 0 Å². The number of hydrogen-bond donors (Lipinski definition) is 1. The fraction of sp³-hybridized carbons (Fsp3) is 0.636. The minimum atomic E-state index is -1.51. The molecule has 1 aromatic rings. The standard InChI is InChI=1S/C11H18N2O4/c1-7(16-5)9-12-6-8(13(9)4)10(14)17-11(2,3)15/h6-7,15H,1-5H3. The van der Waals surface area contributed by atoms with Crippen molar-refractivity contribution in [2.24, 2.45) is 7.05 Å². The summed E-state index contributed by atoms with van der Waals surface area (Å²) in [5.41, 5.74) is 0.269. The minimum Gasteiger partial charge on any atom is -0.429 e. The summed E-state index contributed by atoms with van der Waals surface area (Å²) >= 11 is 0. The van der Waals surface area contributed by atoms with Gasteiger partial charge in [0.25, 0.3) is 0 Å². The Morgan fingerprint density at radius 2 is 2.18 bits per heavy atom. The molecular formula is C11H18N2O4. The monoisotopic (exact) mass is 242 g/mol. The first-order valence-corrected chi connectivity index (χ1v) is 5.26. The second-order valence-corrected chi connectivity index (χ2v) is 4.27. The largest absolute Gasteiger partial charge is 0.429 e. The highest BCUT2D eigenvalue weighted by molar-refractivity contribution is 5.87. The van der Waals surface area contributed by atoms with Gasteiger partial charge in [0.05, 0.1) is 6.20 Å².